The molecule has 1 heterocycles. The van der Waals surface area contributed by atoms with Crippen LogP contribution >= 0.6 is 0 Å². The number of amides is 1. The number of aliphatic hydroxyl groups is 3. The predicted octanol–water partition coefficient (Wildman–Crippen LogP) is 1.34. The van der Waals surface area contributed by atoms with Crippen LogP contribution in [0.4, 0.5) is 5.69 Å². The molecule has 1 saturated heterocycles. The Kier molecular flexibility index (Phi) is 6.50. The molecule has 6 aliphatic rings. The Balaban J connectivity index is 1.41. The summed E-state index contributed by atoms with van der Waals surface area (Å²) in [5, 5.41) is 41.7. The molecule has 0 radical (unpaired) electrons. The number of carbonyl (C=O) groups is 2. The van der Waals surface area contributed by atoms with Crippen molar-refractivity contribution in [2.75, 3.05) is 39.7 Å². The van der Waals surface area contributed by atoms with Crippen LogP contribution in [-0.4, -0.2) is 113 Å². The number of hydrogen-bond acceptors (Lipinski definition) is 10. The Morgan fingerprint density at radius 1 is 1.07 bits per heavy atom. The third-order valence-electron chi connectivity index (χ3n) is 12.7. The second kappa shape index (κ2) is 9.45. The molecule has 7 bridgehead atoms. The summed E-state index contributed by atoms with van der Waals surface area (Å²) in [6, 6.07) is 6.45. The van der Waals surface area contributed by atoms with Gasteiger partial charge in [-0.2, -0.15) is 0 Å². The van der Waals surface area contributed by atoms with Crippen LogP contribution in [0.2, 0.25) is 0 Å². The van der Waals surface area contributed by atoms with E-state index in [1.807, 2.05) is 6.92 Å². The Labute approximate surface area is 251 Å². The molecular weight excluding hydrogens is 556 g/mol. The van der Waals surface area contributed by atoms with Crippen molar-refractivity contribution in [2.24, 2.45) is 23.2 Å². The van der Waals surface area contributed by atoms with E-state index in [-0.39, 0.29) is 36.3 Å². The van der Waals surface area contributed by atoms with Gasteiger partial charge in [-0.05, 0) is 44.4 Å². The molecule has 0 aromatic heterocycles. The SMILES string of the molecule is CCN1CC2(OC(=O)c3ccccc3NC(C)=O)CCC(OC)C34C1C(CC23)C1(O)CC(OC)C2CC4(O)C1(O)C2OC. The molecule has 11 heteroatoms. The number of likely N-dealkylation sites (N-methyl/N-ethyl adjacent to an activating group) is 1. The summed E-state index contributed by atoms with van der Waals surface area (Å²) in [4.78, 5) is 28.2. The van der Waals surface area contributed by atoms with Crippen LogP contribution in [0.3, 0.4) is 0 Å². The molecule has 11 nitrogen and oxygen atoms in total. The van der Waals surface area contributed by atoms with Crippen molar-refractivity contribution < 1.29 is 43.9 Å². The maximum absolute atomic E-state index is 14.0. The molecular formula is C32H44N2O9. The van der Waals surface area contributed by atoms with Crippen LogP contribution in [0.1, 0.15) is 56.3 Å². The summed E-state index contributed by atoms with van der Waals surface area (Å²) in [6.45, 7) is 4.44. The summed E-state index contributed by atoms with van der Waals surface area (Å²) in [7, 11) is 4.76. The van der Waals surface area contributed by atoms with Crippen LogP contribution in [0.15, 0.2) is 24.3 Å². The van der Waals surface area contributed by atoms with Gasteiger partial charge in [-0.1, -0.05) is 19.1 Å². The van der Waals surface area contributed by atoms with Gasteiger partial charge in [-0.3, -0.25) is 9.69 Å². The smallest absolute Gasteiger partial charge is 0.340 e. The first-order valence-electron chi connectivity index (χ1n) is 15.5. The highest BCUT2D eigenvalue weighted by atomic mass is 16.6. The Morgan fingerprint density at radius 2 is 1.81 bits per heavy atom. The number of ether oxygens (including phenoxy) is 4. The van der Waals surface area contributed by atoms with Gasteiger partial charge in [0.1, 0.15) is 22.4 Å². The average molecular weight is 601 g/mol. The summed E-state index contributed by atoms with van der Waals surface area (Å²) < 4.78 is 24.7. The zero-order valence-corrected chi connectivity index (χ0v) is 25.5. The fraction of sp³-hybridized carbons (Fsp3) is 0.750. The monoisotopic (exact) mass is 600 g/mol. The third-order valence-corrected chi connectivity index (χ3v) is 12.7. The number of carbonyl (C=O) groups excluding carboxylic acids is 2. The molecule has 6 fully saturated rings. The van der Waals surface area contributed by atoms with E-state index in [4.69, 9.17) is 18.9 Å². The fourth-order valence-corrected chi connectivity index (χ4v) is 11.6. The number of piperidine rings is 1. The lowest BCUT2D eigenvalue weighted by Crippen LogP contribution is -2.89. The first kappa shape index (κ1) is 29.6. The highest BCUT2D eigenvalue weighted by Gasteiger charge is 2.94. The fourth-order valence-electron chi connectivity index (χ4n) is 11.6. The maximum atomic E-state index is 14.0. The van der Waals surface area contributed by atoms with E-state index in [0.29, 0.717) is 38.0 Å². The Hall–Kier alpha value is -2.12. The van der Waals surface area contributed by atoms with Gasteiger partial charge >= 0.3 is 5.97 Å². The van der Waals surface area contributed by atoms with Crippen LogP contribution in [-0.2, 0) is 23.7 Å². The number of benzene rings is 1. The normalized spacial score (nSPS) is 49.1. The topological polar surface area (TPSA) is 147 Å². The van der Waals surface area contributed by atoms with Crippen LogP contribution < -0.4 is 5.32 Å². The molecule has 43 heavy (non-hydrogen) atoms. The second-order valence-corrected chi connectivity index (χ2v) is 13.8. The first-order chi connectivity index (χ1) is 20.4. The minimum absolute atomic E-state index is 0.162. The standard InChI is InChI=1S/C32H44N2O9/c1-6-34-16-28(43-27(36)18-9-7-8-10-21(18)33-17(2)35)12-11-24(41-4)31-23(28)13-20(25(31)34)29(37)15-22(40-3)19-14-30(31,38)32(29,39)26(19)42-5/h7-10,19-20,22-26,37-39H,6,11-16H2,1-5H3,(H,33,35). The Bertz CT molecular complexity index is 1340. The second-order valence-electron chi connectivity index (χ2n) is 13.8. The minimum atomic E-state index is -1.98. The van der Waals surface area contributed by atoms with Crippen LogP contribution in [0.5, 0.6) is 0 Å². The maximum Gasteiger partial charge on any atom is 0.340 e. The molecule has 12 atom stereocenters. The highest BCUT2D eigenvalue weighted by molar-refractivity contribution is 6.00. The van der Waals surface area contributed by atoms with E-state index in [1.165, 1.54) is 14.0 Å². The molecule has 1 aliphatic heterocycles. The van der Waals surface area contributed by atoms with E-state index in [1.54, 1.807) is 38.5 Å². The third kappa shape index (κ3) is 3.19. The van der Waals surface area contributed by atoms with E-state index >= 15 is 0 Å². The average Bonchev–Trinajstić information content (AvgIpc) is 3.38. The number of para-hydroxylation sites is 1. The predicted molar refractivity (Wildman–Crippen MR) is 153 cm³/mol. The number of nitrogens with one attached hydrogen (secondary N) is 1. The summed E-state index contributed by atoms with van der Waals surface area (Å²) >= 11 is 0. The van der Waals surface area contributed by atoms with Crippen molar-refractivity contribution in [3.8, 4) is 0 Å². The van der Waals surface area contributed by atoms with Crippen molar-refractivity contribution in [3.63, 3.8) is 0 Å². The van der Waals surface area contributed by atoms with E-state index < -0.39 is 63.9 Å². The quantitative estimate of drug-likeness (QED) is 0.338. The molecule has 7 rings (SSSR count). The number of anilines is 1. The highest BCUT2D eigenvalue weighted by Crippen LogP contribution is 2.80. The lowest BCUT2D eigenvalue weighted by molar-refractivity contribution is -0.384. The van der Waals surface area contributed by atoms with Gasteiger partial charge in [0, 0.05) is 65.0 Å². The molecule has 236 valence electrons. The van der Waals surface area contributed by atoms with Crippen molar-refractivity contribution >= 4 is 17.6 Å². The molecule has 5 saturated carbocycles. The minimum Gasteiger partial charge on any atom is -0.454 e. The lowest BCUT2D eigenvalue weighted by Gasteiger charge is -2.73. The van der Waals surface area contributed by atoms with E-state index in [2.05, 4.69) is 10.2 Å². The van der Waals surface area contributed by atoms with Gasteiger partial charge in [-0.15, -0.1) is 0 Å². The first-order valence-corrected chi connectivity index (χ1v) is 15.5. The zero-order chi connectivity index (χ0) is 30.7. The largest absolute Gasteiger partial charge is 0.454 e. The van der Waals surface area contributed by atoms with Crippen molar-refractivity contribution in [3.05, 3.63) is 29.8 Å². The number of esters is 1. The molecule has 5 aliphatic carbocycles. The lowest BCUT2D eigenvalue weighted by atomic mass is 9.42. The van der Waals surface area contributed by atoms with Crippen molar-refractivity contribution in [1.29, 1.82) is 0 Å². The van der Waals surface area contributed by atoms with Gasteiger partial charge in [0.15, 0.2) is 0 Å². The number of likely N-dealkylation sites (tertiary alicyclic amines) is 1. The van der Waals surface area contributed by atoms with Gasteiger partial charge < -0.3 is 39.6 Å². The molecule has 12 unspecified atom stereocenters. The molecule has 1 spiro atoms. The molecule has 1 amide bonds. The van der Waals surface area contributed by atoms with Gasteiger partial charge in [0.25, 0.3) is 0 Å². The number of nitrogens with zero attached hydrogens (tertiary/aromatic N) is 1. The summed E-state index contributed by atoms with van der Waals surface area (Å²) in [6.07, 6.45) is 0.0340. The van der Waals surface area contributed by atoms with Crippen LogP contribution in [0.25, 0.3) is 0 Å². The number of rotatable bonds is 7. The number of fused-ring (bicyclic) bond motifs is 2. The van der Waals surface area contributed by atoms with Crippen molar-refractivity contribution in [2.45, 2.75) is 92.7 Å². The molecule has 1 aromatic rings. The number of methoxy groups -OCH3 is 3. The van der Waals surface area contributed by atoms with E-state index in [0.717, 1.165) is 0 Å². The molecule has 1 aromatic carbocycles. The van der Waals surface area contributed by atoms with Gasteiger partial charge in [0.2, 0.25) is 5.91 Å². The summed E-state index contributed by atoms with van der Waals surface area (Å²) in [5.74, 6) is -2.08. The van der Waals surface area contributed by atoms with Gasteiger partial charge in [-0.25, -0.2) is 4.79 Å². The summed E-state index contributed by atoms with van der Waals surface area (Å²) in [5.41, 5.74) is -7.00. The number of hydrogen-bond donors (Lipinski definition) is 4. The van der Waals surface area contributed by atoms with Crippen LogP contribution in [0, 0.1) is 23.2 Å². The van der Waals surface area contributed by atoms with Gasteiger partial charge in [0.05, 0.1) is 35.0 Å². The van der Waals surface area contributed by atoms with Crippen molar-refractivity contribution in [1.82, 2.24) is 4.90 Å². The molecule has 4 N–H and O–H groups in total. The zero-order valence-electron chi connectivity index (χ0n) is 25.5. The van der Waals surface area contributed by atoms with E-state index in [9.17, 15) is 24.9 Å². The Morgan fingerprint density at radius 3 is 2.47 bits per heavy atom.